The Morgan fingerprint density at radius 1 is 1.16 bits per heavy atom. The highest BCUT2D eigenvalue weighted by Crippen LogP contribution is 2.14. The van der Waals surface area contributed by atoms with Gasteiger partial charge in [-0.3, -0.25) is 9.59 Å². The molecule has 0 bridgehead atoms. The van der Waals surface area contributed by atoms with E-state index in [4.69, 9.17) is 4.74 Å². The third-order valence-electron chi connectivity index (χ3n) is 3.48. The topological polar surface area (TPSA) is 102 Å². The summed E-state index contributed by atoms with van der Waals surface area (Å²) in [6.07, 6.45) is -0.151. The van der Waals surface area contributed by atoms with Gasteiger partial charge in [-0.15, -0.1) is 0 Å². The normalized spacial score (nSPS) is 11.4. The molecule has 0 heterocycles. The zero-order valence-corrected chi connectivity index (χ0v) is 15.9. The number of carbonyl (C=O) groups is 2. The summed E-state index contributed by atoms with van der Waals surface area (Å²) in [6, 6.07) is 4.82. The Kier molecular flexibility index (Phi) is 8.05. The fourth-order valence-corrected chi connectivity index (χ4v) is 2.96. The number of esters is 1. The monoisotopic (exact) mass is 370 g/mol. The van der Waals surface area contributed by atoms with Crippen LogP contribution in [0, 0.1) is 19.8 Å². The van der Waals surface area contributed by atoms with Gasteiger partial charge in [-0.25, -0.2) is 13.1 Å². The van der Waals surface area contributed by atoms with E-state index in [2.05, 4.69) is 10.0 Å². The minimum atomic E-state index is -3.68. The standard InChI is InChI=1S/C17H26N2O5S/c1-12(2)10-18-16(20)11-24-17(21)7-8-19-25(22,23)15-6-5-13(3)14(4)9-15/h5-6,9,12,19H,7-8,10-11H2,1-4H3,(H,18,20). The summed E-state index contributed by atoms with van der Waals surface area (Å²) in [5.74, 6) is -0.709. The first kappa shape index (κ1) is 21.1. The van der Waals surface area contributed by atoms with Crippen molar-refractivity contribution < 1.29 is 22.7 Å². The van der Waals surface area contributed by atoms with Gasteiger partial charge in [0, 0.05) is 13.1 Å². The number of ether oxygens (including phenoxy) is 1. The zero-order chi connectivity index (χ0) is 19.0. The van der Waals surface area contributed by atoms with Crippen LogP contribution >= 0.6 is 0 Å². The highest BCUT2D eigenvalue weighted by molar-refractivity contribution is 7.89. The van der Waals surface area contributed by atoms with Gasteiger partial charge in [-0.05, 0) is 43.0 Å². The number of nitrogens with one attached hydrogen (secondary N) is 2. The average Bonchev–Trinajstić information content (AvgIpc) is 2.53. The van der Waals surface area contributed by atoms with Crippen molar-refractivity contribution in [3.63, 3.8) is 0 Å². The lowest BCUT2D eigenvalue weighted by Crippen LogP contribution is -2.32. The maximum absolute atomic E-state index is 12.2. The molecule has 2 N–H and O–H groups in total. The van der Waals surface area contributed by atoms with E-state index in [1.807, 2.05) is 27.7 Å². The van der Waals surface area contributed by atoms with Crippen LogP contribution in [-0.2, 0) is 24.3 Å². The third-order valence-corrected chi connectivity index (χ3v) is 4.94. The number of benzene rings is 1. The molecule has 0 saturated carbocycles. The number of sulfonamides is 1. The molecule has 0 spiro atoms. The summed E-state index contributed by atoms with van der Waals surface area (Å²) in [7, 11) is -3.68. The molecule has 0 aliphatic rings. The Morgan fingerprint density at radius 2 is 1.84 bits per heavy atom. The van der Waals surface area contributed by atoms with Crippen LogP contribution in [0.3, 0.4) is 0 Å². The van der Waals surface area contributed by atoms with E-state index < -0.39 is 16.0 Å². The lowest BCUT2D eigenvalue weighted by Gasteiger charge is -2.10. The molecule has 0 atom stereocenters. The second kappa shape index (κ2) is 9.53. The Balaban J connectivity index is 2.39. The van der Waals surface area contributed by atoms with E-state index in [0.717, 1.165) is 11.1 Å². The largest absolute Gasteiger partial charge is 0.456 e. The van der Waals surface area contributed by atoms with E-state index in [0.29, 0.717) is 12.5 Å². The molecule has 0 aromatic heterocycles. The molecule has 0 fully saturated rings. The van der Waals surface area contributed by atoms with Crippen LogP contribution in [0.5, 0.6) is 0 Å². The van der Waals surface area contributed by atoms with Crippen molar-refractivity contribution >= 4 is 21.9 Å². The maximum atomic E-state index is 12.2. The van der Waals surface area contributed by atoms with Crippen molar-refractivity contribution in [2.45, 2.75) is 39.0 Å². The van der Waals surface area contributed by atoms with Gasteiger partial charge in [-0.1, -0.05) is 19.9 Å². The number of hydrogen-bond acceptors (Lipinski definition) is 5. The van der Waals surface area contributed by atoms with Crippen molar-refractivity contribution in [2.75, 3.05) is 19.7 Å². The fourth-order valence-electron chi connectivity index (χ4n) is 1.84. The molecule has 25 heavy (non-hydrogen) atoms. The lowest BCUT2D eigenvalue weighted by molar-refractivity contribution is -0.148. The molecule has 0 radical (unpaired) electrons. The predicted octanol–water partition coefficient (Wildman–Crippen LogP) is 1.29. The number of carbonyl (C=O) groups excluding carboxylic acids is 2. The van der Waals surface area contributed by atoms with E-state index in [9.17, 15) is 18.0 Å². The van der Waals surface area contributed by atoms with Gasteiger partial charge in [0.25, 0.3) is 5.91 Å². The van der Waals surface area contributed by atoms with Crippen LogP contribution in [0.4, 0.5) is 0 Å². The summed E-state index contributed by atoms with van der Waals surface area (Å²) in [4.78, 5) is 23.1. The molecule has 0 unspecified atom stereocenters. The number of rotatable bonds is 9. The highest BCUT2D eigenvalue weighted by atomic mass is 32.2. The first-order valence-corrected chi connectivity index (χ1v) is 9.59. The summed E-state index contributed by atoms with van der Waals surface area (Å²) in [5, 5.41) is 2.62. The van der Waals surface area contributed by atoms with Gasteiger partial charge >= 0.3 is 5.97 Å². The average molecular weight is 370 g/mol. The van der Waals surface area contributed by atoms with E-state index in [1.54, 1.807) is 12.1 Å². The van der Waals surface area contributed by atoms with E-state index >= 15 is 0 Å². The molecule has 1 amide bonds. The minimum Gasteiger partial charge on any atom is -0.456 e. The van der Waals surface area contributed by atoms with Crippen LogP contribution in [0.15, 0.2) is 23.1 Å². The Labute approximate surface area is 149 Å². The second-order valence-corrected chi connectivity index (χ2v) is 8.02. The minimum absolute atomic E-state index is 0.0955. The SMILES string of the molecule is Cc1ccc(S(=O)(=O)NCCC(=O)OCC(=O)NCC(C)C)cc1C. The smallest absolute Gasteiger partial charge is 0.307 e. The lowest BCUT2D eigenvalue weighted by atomic mass is 10.1. The van der Waals surface area contributed by atoms with Crippen molar-refractivity contribution in [3.8, 4) is 0 Å². The Morgan fingerprint density at radius 3 is 2.44 bits per heavy atom. The molecule has 1 aromatic rings. The van der Waals surface area contributed by atoms with Gasteiger partial charge in [-0.2, -0.15) is 0 Å². The third kappa shape index (κ3) is 7.66. The van der Waals surface area contributed by atoms with Crippen molar-refractivity contribution in [1.82, 2.24) is 10.0 Å². The molecular formula is C17H26N2O5S. The Hall–Kier alpha value is -1.93. The summed E-state index contributed by atoms with van der Waals surface area (Å²) in [5.41, 5.74) is 1.87. The number of aryl methyl sites for hydroxylation is 2. The van der Waals surface area contributed by atoms with Crippen LogP contribution < -0.4 is 10.0 Å². The van der Waals surface area contributed by atoms with Crippen molar-refractivity contribution in [3.05, 3.63) is 29.3 Å². The molecule has 8 heteroatoms. The summed E-state index contributed by atoms with van der Waals surface area (Å²) < 4.78 is 31.5. The van der Waals surface area contributed by atoms with Crippen LogP contribution in [0.25, 0.3) is 0 Å². The molecule has 0 aliphatic carbocycles. The fraction of sp³-hybridized carbons (Fsp3) is 0.529. The first-order chi connectivity index (χ1) is 11.6. The quantitative estimate of drug-likeness (QED) is 0.638. The second-order valence-electron chi connectivity index (χ2n) is 6.25. The van der Waals surface area contributed by atoms with Gasteiger partial charge in [0.2, 0.25) is 10.0 Å². The van der Waals surface area contributed by atoms with Crippen LogP contribution in [0.1, 0.15) is 31.4 Å². The van der Waals surface area contributed by atoms with E-state index in [-0.39, 0.29) is 30.4 Å². The van der Waals surface area contributed by atoms with Crippen molar-refractivity contribution in [1.29, 1.82) is 0 Å². The highest BCUT2D eigenvalue weighted by Gasteiger charge is 2.15. The van der Waals surface area contributed by atoms with Crippen LogP contribution in [0.2, 0.25) is 0 Å². The van der Waals surface area contributed by atoms with Crippen LogP contribution in [-0.4, -0.2) is 40.0 Å². The molecule has 140 valence electrons. The predicted molar refractivity (Wildman–Crippen MR) is 94.5 cm³/mol. The molecule has 7 nitrogen and oxygen atoms in total. The molecule has 1 rings (SSSR count). The number of amides is 1. The summed E-state index contributed by atoms with van der Waals surface area (Å²) in [6.45, 7) is 7.67. The first-order valence-electron chi connectivity index (χ1n) is 8.11. The van der Waals surface area contributed by atoms with Gasteiger partial charge in [0.05, 0.1) is 11.3 Å². The number of hydrogen-bond donors (Lipinski definition) is 2. The summed E-state index contributed by atoms with van der Waals surface area (Å²) >= 11 is 0. The van der Waals surface area contributed by atoms with Gasteiger partial charge < -0.3 is 10.1 Å². The van der Waals surface area contributed by atoms with Gasteiger partial charge in [0.1, 0.15) is 0 Å². The molecule has 1 aromatic carbocycles. The Bertz CT molecular complexity index is 714. The maximum Gasteiger partial charge on any atom is 0.307 e. The van der Waals surface area contributed by atoms with Gasteiger partial charge in [0.15, 0.2) is 6.61 Å². The van der Waals surface area contributed by atoms with E-state index in [1.165, 1.54) is 6.07 Å². The molecular weight excluding hydrogens is 344 g/mol. The molecule has 0 saturated heterocycles. The zero-order valence-electron chi connectivity index (χ0n) is 15.1. The molecule has 0 aliphatic heterocycles. The van der Waals surface area contributed by atoms with Crippen molar-refractivity contribution in [2.24, 2.45) is 5.92 Å².